The third kappa shape index (κ3) is 5.04. The molecule has 2 heterocycles. The highest BCUT2D eigenvalue weighted by atomic mass is 19.3. The number of rotatable bonds is 9. The zero-order chi connectivity index (χ0) is 32.4. The van der Waals surface area contributed by atoms with Crippen molar-refractivity contribution in [2.45, 2.75) is 65.4 Å². The third-order valence-corrected chi connectivity index (χ3v) is 10.7. The van der Waals surface area contributed by atoms with Crippen molar-refractivity contribution in [3.63, 3.8) is 0 Å². The van der Waals surface area contributed by atoms with Gasteiger partial charge < -0.3 is 28.8 Å². The molecule has 1 N–H and O–H groups in total. The van der Waals surface area contributed by atoms with Gasteiger partial charge in [-0.25, -0.2) is 0 Å². The highest BCUT2D eigenvalue weighted by Gasteiger charge is 2.68. The van der Waals surface area contributed by atoms with Crippen molar-refractivity contribution in [1.82, 2.24) is 10.2 Å². The van der Waals surface area contributed by atoms with Crippen LogP contribution in [0.2, 0.25) is 0 Å². The fraction of sp³-hybridized carbons (Fsp3) is 0.429. The van der Waals surface area contributed by atoms with Gasteiger partial charge in [-0.05, 0) is 90.9 Å². The second-order valence-corrected chi connectivity index (χ2v) is 13.4. The maximum Gasteiger partial charge on any atom is 0.494 e. The molecule has 0 amide bonds. The van der Waals surface area contributed by atoms with Crippen LogP contribution in [0.1, 0.15) is 44.7 Å². The van der Waals surface area contributed by atoms with E-state index in [1.165, 1.54) is 0 Å². The minimum Gasteiger partial charge on any atom is -0.497 e. The molecule has 4 fully saturated rings. The average molecular weight is 630 g/mol. The maximum atomic E-state index is 13.6. The van der Waals surface area contributed by atoms with E-state index in [1.807, 2.05) is 49.4 Å². The van der Waals surface area contributed by atoms with Crippen LogP contribution in [0.3, 0.4) is 0 Å². The molecule has 4 aromatic rings. The van der Waals surface area contributed by atoms with Crippen molar-refractivity contribution >= 4 is 29.2 Å². The second-order valence-electron chi connectivity index (χ2n) is 13.4. The smallest absolute Gasteiger partial charge is 0.494 e. The SMILES string of the molecule is COc1ccc(CNc2cnnc3cc(-c4cc(B5O[C@@H]6C[C@@H]7C[C@@H](C7(C)C)[C@]6(C)O5)c(C)cc4OC(F)F)ccc23)c(OC)c1. The van der Waals surface area contributed by atoms with Gasteiger partial charge in [0.15, 0.2) is 0 Å². The lowest BCUT2D eigenvalue weighted by Crippen LogP contribution is -2.65. The summed E-state index contributed by atoms with van der Waals surface area (Å²) in [7, 11) is 2.63. The molecule has 0 unspecified atom stereocenters. The Labute approximate surface area is 267 Å². The van der Waals surface area contributed by atoms with Crippen molar-refractivity contribution in [2.75, 3.05) is 19.5 Å². The molecule has 1 aromatic heterocycles. The lowest BCUT2D eigenvalue weighted by atomic mass is 9.43. The van der Waals surface area contributed by atoms with Gasteiger partial charge in [-0.1, -0.05) is 26.0 Å². The van der Waals surface area contributed by atoms with Crippen molar-refractivity contribution in [3.05, 3.63) is 65.9 Å². The van der Waals surface area contributed by atoms with E-state index in [-0.39, 0.29) is 17.3 Å². The highest BCUT2D eigenvalue weighted by molar-refractivity contribution is 6.62. The molecule has 240 valence electrons. The number of aryl methyl sites for hydroxylation is 1. The van der Waals surface area contributed by atoms with Gasteiger partial charge in [-0.3, -0.25) is 0 Å². The Morgan fingerprint density at radius 1 is 1.02 bits per heavy atom. The molecule has 8 nitrogen and oxygen atoms in total. The molecule has 46 heavy (non-hydrogen) atoms. The monoisotopic (exact) mass is 629 g/mol. The zero-order valence-corrected chi connectivity index (χ0v) is 26.9. The standard InChI is InChI=1S/C35H38BF2N3O5/c1-19-11-30(44-33(37)38)25(16-26(19)36-45-32-14-22-13-31(34(22,2)3)35(32,4)46-36)20-8-10-24-27(12-20)41-40-18-28(24)39-17-21-7-9-23(42-5)15-29(21)43-6/h7-12,15-16,18,22,31-33H,13-14,17H2,1-6H3,(H,39,41)/t22-,31-,32+,35-/m0/s1. The normalized spacial score (nSPS) is 24.5. The number of ether oxygens (including phenoxy) is 3. The van der Waals surface area contributed by atoms with Crippen molar-refractivity contribution in [1.29, 1.82) is 0 Å². The quantitative estimate of drug-likeness (QED) is 0.203. The molecule has 0 radical (unpaired) electrons. The van der Waals surface area contributed by atoms with Crippen LogP contribution in [0.4, 0.5) is 14.5 Å². The number of aromatic nitrogens is 2. The summed E-state index contributed by atoms with van der Waals surface area (Å²) in [6.07, 6.45) is 3.76. The highest BCUT2D eigenvalue weighted by Crippen LogP contribution is 2.65. The van der Waals surface area contributed by atoms with Gasteiger partial charge in [0.2, 0.25) is 0 Å². The molecular weight excluding hydrogens is 591 g/mol. The van der Waals surface area contributed by atoms with Gasteiger partial charge in [0.25, 0.3) is 0 Å². The van der Waals surface area contributed by atoms with Crippen LogP contribution in [0.5, 0.6) is 17.2 Å². The molecule has 3 aromatic carbocycles. The maximum absolute atomic E-state index is 13.6. The van der Waals surface area contributed by atoms with Crippen LogP contribution in [0.25, 0.3) is 22.0 Å². The summed E-state index contributed by atoms with van der Waals surface area (Å²) in [5.41, 5.74) is 4.86. The molecule has 8 rings (SSSR count). The topological polar surface area (TPSA) is 84.0 Å². The van der Waals surface area contributed by atoms with E-state index in [4.69, 9.17) is 23.5 Å². The predicted octanol–water partition coefficient (Wildman–Crippen LogP) is 6.77. The number of fused-ring (bicyclic) bond motifs is 1. The van der Waals surface area contributed by atoms with E-state index in [1.54, 1.807) is 26.5 Å². The van der Waals surface area contributed by atoms with Gasteiger partial charge in [-0.2, -0.15) is 19.0 Å². The predicted molar refractivity (Wildman–Crippen MR) is 173 cm³/mol. The summed E-state index contributed by atoms with van der Waals surface area (Å²) in [5.74, 6) is 2.51. The molecule has 1 aliphatic heterocycles. The molecule has 0 spiro atoms. The third-order valence-electron chi connectivity index (χ3n) is 10.7. The largest absolute Gasteiger partial charge is 0.497 e. The van der Waals surface area contributed by atoms with E-state index < -0.39 is 19.3 Å². The Balaban J connectivity index is 1.21. The van der Waals surface area contributed by atoms with Crippen LogP contribution in [-0.2, 0) is 15.9 Å². The van der Waals surface area contributed by atoms with Crippen molar-refractivity contribution in [2.24, 2.45) is 17.3 Å². The first kappa shape index (κ1) is 30.7. The number of nitrogens with one attached hydrogen (secondary N) is 1. The minimum atomic E-state index is -2.98. The van der Waals surface area contributed by atoms with Crippen LogP contribution in [0, 0.1) is 24.2 Å². The van der Waals surface area contributed by atoms with E-state index in [0.29, 0.717) is 46.5 Å². The van der Waals surface area contributed by atoms with Gasteiger partial charge in [0, 0.05) is 29.1 Å². The van der Waals surface area contributed by atoms with Crippen LogP contribution >= 0.6 is 0 Å². The van der Waals surface area contributed by atoms with Crippen LogP contribution in [-0.4, -0.2) is 49.9 Å². The number of alkyl halides is 2. The summed E-state index contributed by atoms with van der Waals surface area (Å²) in [5, 5.41) is 12.8. The molecule has 3 aliphatic carbocycles. The summed E-state index contributed by atoms with van der Waals surface area (Å²) in [6, 6.07) is 14.8. The molecule has 3 saturated carbocycles. The fourth-order valence-corrected chi connectivity index (χ4v) is 7.93. The number of hydrogen-bond donors (Lipinski definition) is 1. The van der Waals surface area contributed by atoms with Gasteiger partial charge in [0.05, 0.1) is 43.3 Å². The summed E-state index contributed by atoms with van der Waals surface area (Å²) in [6.45, 7) is 6.18. The molecule has 1 saturated heterocycles. The lowest BCUT2D eigenvalue weighted by molar-refractivity contribution is -0.199. The Kier molecular flexibility index (Phi) is 7.59. The number of methoxy groups -OCH3 is 2. The van der Waals surface area contributed by atoms with E-state index in [0.717, 1.165) is 40.5 Å². The van der Waals surface area contributed by atoms with Crippen LogP contribution < -0.4 is 25.0 Å². The number of hydrogen-bond acceptors (Lipinski definition) is 8. The first-order valence-corrected chi connectivity index (χ1v) is 15.6. The second kappa shape index (κ2) is 11.4. The minimum absolute atomic E-state index is 0.00568. The number of halogens is 2. The first-order chi connectivity index (χ1) is 22.0. The van der Waals surface area contributed by atoms with E-state index >= 15 is 0 Å². The van der Waals surface area contributed by atoms with Gasteiger partial charge >= 0.3 is 13.7 Å². The zero-order valence-electron chi connectivity index (χ0n) is 26.9. The Morgan fingerprint density at radius 2 is 1.85 bits per heavy atom. The van der Waals surface area contributed by atoms with E-state index in [2.05, 4.69) is 36.3 Å². The average Bonchev–Trinajstić information content (AvgIpc) is 3.40. The molecule has 11 heteroatoms. The number of benzene rings is 3. The fourth-order valence-electron chi connectivity index (χ4n) is 7.93. The number of anilines is 1. The van der Waals surface area contributed by atoms with Gasteiger partial charge in [-0.15, -0.1) is 0 Å². The van der Waals surface area contributed by atoms with E-state index in [9.17, 15) is 8.78 Å². The molecule has 4 aliphatic rings. The molecule has 4 atom stereocenters. The van der Waals surface area contributed by atoms with Crippen molar-refractivity contribution < 1.29 is 32.3 Å². The summed E-state index contributed by atoms with van der Waals surface area (Å²) >= 11 is 0. The molecular formula is C35H38BF2N3O5. The number of nitrogens with zero attached hydrogens (tertiary/aromatic N) is 2. The summed E-state index contributed by atoms with van der Waals surface area (Å²) in [4.78, 5) is 0. The summed E-state index contributed by atoms with van der Waals surface area (Å²) < 4.78 is 56.5. The lowest BCUT2D eigenvalue weighted by Gasteiger charge is -2.64. The Hall–Kier alpha value is -3.96. The Morgan fingerprint density at radius 3 is 2.59 bits per heavy atom. The first-order valence-electron chi connectivity index (χ1n) is 15.6. The Bertz CT molecular complexity index is 1810. The van der Waals surface area contributed by atoms with Crippen LogP contribution in [0.15, 0.2) is 54.7 Å². The van der Waals surface area contributed by atoms with Crippen molar-refractivity contribution in [3.8, 4) is 28.4 Å². The van der Waals surface area contributed by atoms with Gasteiger partial charge in [0.1, 0.15) is 17.2 Å². The molecule has 2 bridgehead atoms.